The van der Waals surface area contributed by atoms with Gasteiger partial charge in [-0.1, -0.05) is 18.5 Å². The van der Waals surface area contributed by atoms with Crippen molar-refractivity contribution in [2.75, 3.05) is 20.3 Å². The van der Waals surface area contributed by atoms with Gasteiger partial charge in [-0.15, -0.1) is 0 Å². The molecule has 1 unspecified atom stereocenters. The topological polar surface area (TPSA) is 70.4 Å². The smallest absolute Gasteiger partial charge is 0.244 e. The van der Waals surface area contributed by atoms with Gasteiger partial charge >= 0.3 is 0 Å². The first kappa shape index (κ1) is 17.9. The van der Waals surface area contributed by atoms with Gasteiger partial charge in [0.25, 0.3) is 0 Å². The number of hydrogen-bond acceptors (Lipinski definition) is 4. The highest BCUT2D eigenvalue weighted by atomic mass is 35.5. The summed E-state index contributed by atoms with van der Waals surface area (Å²) < 4.78 is 31.9. The second-order valence-electron chi connectivity index (χ2n) is 4.62. The Balaban J connectivity index is 3.25. The van der Waals surface area contributed by atoms with E-state index in [1.54, 1.807) is 0 Å². The standard InChI is InChI=1S/C14H19ClN2O3S/c1-4-11(2)17(7-8-20-3)21(18,19)14-6-5-12(10-16)9-13(14)15/h5-6,9,11H,4,7-8H2,1-3H3. The van der Waals surface area contributed by atoms with Gasteiger partial charge in [-0.25, -0.2) is 8.42 Å². The molecule has 116 valence electrons. The molecule has 0 spiro atoms. The molecule has 0 bridgehead atoms. The number of sulfonamides is 1. The molecule has 1 aromatic rings. The van der Waals surface area contributed by atoms with Crippen molar-refractivity contribution in [1.82, 2.24) is 4.31 Å². The molecule has 0 saturated heterocycles. The maximum atomic E-state index is 12.8. The minimum atomic E-state index is -3.73. The van der Waals surface area contributed by atoms with Gasteiger partial charge in [-0.3, -0.25) is 0 Å². The molecule has 1 aromatic carbocycles. The molecule has 0 N–H and O–H groups in total. The normalized spacial score (nSPS) is 13.1. The molecule has 21 heavy (non-hydrogen) atoms. The van der Waals surface area contributed by atoms with E-state index in [4.69, 9.17) is 21.6 Å². The lowest BCUT2D eigenvalue weighted by Gasteiger charge is -2.27. The summed E-state index contributed by atoms with van der Waals surface area (Å²) in [7, 11) is -2.20. The fourth-order valence-corrected chi connectivity index (χ4v) is 4.08. The second-order valence-corrected chi connectivity index (χ2v) is 6.89. The van der Waals surface area contributed by atoms with E-state index in [1.165, 1.54) is 29.6 Å². The van der Waals surface area contributed by atoms with Crippen molar-refractivity contribution >= 4 is 21.6 Å². The molecule has 5 nitrogen and oxygen atoms in total. The van der Waals surface area contributed by atoms with Crippen LogP contribution in [0.4, 0.5) is 0 Å². The lowest BCUT2D eigenvalue weighted by atomic mass is 10.2. The maximum Gasteiger partial charge on any atom is 0.244 e. The zero-order valence-corrected chi connectivity index (χ0v) is 13.9. The molecule has 0 fully saturated rings. The Morgan fingerprint density at radius 2 is 2.14 bits per heavy atom. The molecular weight excluding hydrogens is 312 g/mol. The third-order valence-corrected chi connectivity index (χ3v) is 5.74. The van der Waals surface area contributed by atoms with E-state index >= 15 is 0 Å². The van der Waals surface area contributed by atoms with E-state index in [2.05, 4.69) is 0 Å². The highest BCUT2D eigenvalue weighted by Crippen LogP contribution is 2.27. The first-order valence-corrected chi connectivity index (χ1v) is 8.40. The number of hydrogen-bond donors (Lipinski definition) is 0. The molecule has 0 aliphatic heterocycles. The number of ether oxygens (including phenoxy) is 1. The van der Waals surface area contributed by atoms with Crippen molar-refractivity contribution in [3.05, 3.63) is 28.8 Å². The van der Waals surface area contributed by atoms with Crippen LogP contribution in [0, 0.1) is 11.3 Å². The summed E-state index contributed by atoms with van der Waals surface area (Å²) >= 11 is 6.03. The van der Waals surface area contributed by atoms with Gasteiger partial charge in [-0.2, -0.15) is 9.57 Å². The summed E-state index contributed by atoms with van der Waals surface area (Å²) in [4.78, 5) is 0.0135. The second kappa shape index (κ2) is 7.76. The van der Waals surface area contributed by atoms with E-state index in [0.717, 1.165) is 0 Å². The Morgan fingerprint density at radius 1 is 1.48 bits per heavy atom. The van der Waals surface area contributed by atoms with Crippen molar-refractivity contribution in [3.8, 4) is 6.07 Å². The summed E-state index contributed by atoms with van der Waals surface area (Å²) in [5.41, 5.74) is 0.325. The average Bonchev–Trinajstić information content (AvgIpc) is 2.46. The molecule has 7 heteroatoms. The summed E-state index contributed by atoms with van der Waals surface area (Å²) in [6.07, 6.45) is 0.677. The molecule has 0 heterocycles. The number of nitrogens with zero attached hydrogens (tertiary/aromatic N) is 2. The molecule has 0 aliphatic rings. The van der Waals surface area contributed by atoms with Crippen molar-refractivity contribution < 1.29 is 13.2 Å². The molecule has 1 rings (SSSR count). The summed E-state index contributed by atoms with van der Waals surface area (Å²) in [6, 6.07) is 5.94. The van der Waals surface area contributed by atoms with Crippen LogP contribution in [0.1, 0.15) is 25.8 Å². The summed E-state index contributed by atoms with van der Waals surface area (Å²) in [6.45, 7) is 4.31. The SMILES string of the molecule is CCC(C)N(CCOC)S(=O)(=O)c1ccc(C#N)cc1Cl. The Labute approximate surface area is 131 Å². The minimum absolute atomic E-state index is 0.0135. The molecular formula is C14H19ClN2O3S. The Morgan fingerprint density at radius 3 is 2.62 bits per heavy atom. The van der Waals surface area contributed by atoms with Crippen molar-refractivity contribution in [3.63, 3.8) is 0 Å². The fraction of sp³-hybridized carbons (Fsp3) is 0.500. The Kier molecular flexibility index (Phi) is 6.62. The van der Waals surface area contributed by atoms with Crippen molar-refractivity contribution in [2.45, 2.75) is 31.2 Å². The van der Waals surface area contributed by atoms with Crippen LogP contribution in [-0.4, -0.2) is 39.0 Å². The quantitative estimate of drug-likeness (QED) is 0.770. The van der Waals surface area contributed by atoms with Crippen LogP contribution in [-0.2, 0) is 14.8 Å². The monoisotopic (exact) mass is 330 g/mol. The molecule has 0 radical (unpaired) electrons. The predicted molar refractivity (Wildman–Crippen MR) is 81.7 cm³/mol. The third kappa shape index (κ3) is 4.17. The highest BCUT2D eigenvalue weighted by Gasteiger charge is 2.29. The molecule has 1 atom stereocenters. The molecule has 0 aromatic heterocycles. The number of halogens is 1. The zero-order valence-electron chi connectivity index (χ0n) is 12.3. The number of methoxy groups -OCH3 is 1. The molecule has 0 aliphatic carbocycles. The maximum absolute atomic E-state index is 12.8. The van der Waals surface area contributed by atoms with Crippen LogP contribution in [0.2, 0.25) is 5.02 Å². The van der Waals surface area contributed by atoms with Crippen LogP contribution in [0.25, 0.3) is 0 Å². The first-order chi connectivity index (χ1) is 9.88. The Hall–Kier alpha value is -1.13. The predicted octanol–water partition coefficient (Wildman–Crippen LogP) is 2.65. The van der Waals surface area contributed by atoms with E-state index in [1.807, 2.05) is 19.9 Å². The first-order valence-electron chi connectivity index (χ1n) is 6.58. The van der Waals surface area contributed by atoms with Crippen LogP contribution in [0.5, 0.6) is 0 Å². The molecule has 0 amide bonds. The number of benzene rings is 1. The van der Waals surface area contributed by atoms with Gasteiger partial charge < -0.3 is 4.74 Å². The van der Waals surface area contributed by atoms with E-state index in [9.17, 15) is 8.42 Å². The fourth-order valence-electron chi connectivity index (χ4n) is 1.87. The van der Waals surface area contributed by atoms with Gasteiger partial charge in [0.2, 0.25) is 10.0 Å². The van der Waals surface area contributed by atoms with Gasteiger partial charge in [0.1, 0.15) is 4.90 Å². The zero-order chi connectivity index (χ0) is 16.0. The number of rotatable bonds is 7. The van der Waals surface area contributed by atoms with Crippen LogP contribution >= 0.6 is 11.6 Å². The van der Waals surface area contributed by atoms with Crippen molar-refractivity contribution in [1.29, 1.82) is 5.26 Å². The minimum Gasteiger partial charge on any atom is -0.383 e. The highest BCUT2D eigenvalue weighted by molar-refractivity contribution is 7.89. The largest absolute Gasteiger partial charge is 0.383 e. The lowest BCUT2D eigenvalue weighted by Crippen LogP contribution is -2.40. The lowest BCUT2D eigenvalue weighted by molar-refractivity contribution is 0.167. The average molecular weight is 331 g/mol. The number of nitriles is 1. The van der Waals surface area contributed by atoms with Crippen LogP contribution in [0.3, 0.4) is 0 Å². The third-order valence-electron chi connectivity index (χ3n) is 3.25. The van der Waals surface area contributed by atoms with E-state index in [-0.39, 0.29) is 22.5 Å². The van der Waals surface area contributed by atoms with Gasteiger partial charge in [0, 0.05) is 19.7 Å². The van der Waals surface area contributed by atoms with E-state index in [0.29, 0.717) is 18.6 Å². The summed E-state index contributed by atoms with van der Waals surface area (Å²) in [5.74, 6) is 0. The van der Waals surface area contributed by atoms with Gasteiger partial charge in [0.05, 0.1) is 23.3 Å². The molecule has 0 saturated carbocycles. The van der Waals surface area contributed by atoms with E-state index < -0.39 is 10.0 Å². The van der Waals surface area contributed by atoms with Gasteiger partial charge in [-0.05, 0) is 31.5 Å². The van der Waals surface area contributed by atoms with Crippen LogP contribution in [0.15, 0.2) is 23.1 Å². The summed E-state index contributed by atoms with van der Waals surface area (Å²) in [5, 5.41) is 8.88. The Bertz CT molecular complexity index is 626. The van der Waals surface area contributed by atoms with Gasteiger partial charge in [0.15, 0.2) is 0 Å². The van der Waals surface area contributed by atoms with Crippen LogP contribution < -0.4 is 0 Å². The van der Waals surface area contributed by atoms with Crippen molar-refractivity contribution in [2.24, 2.45) is 0 Å².